The fraction of sp³-hybridized carbons (Fsp3) is 0.267. The van der Waals surface area contributed by atoms with Gasteiger partial charge in [0, 0.05) is 4.47 Å². The molecule has 1 heterocycles. The van der Waals surface area contributed by atoms with Crippen LogP contribution in [0.4, 0.5) is 0 Å². The van der Waals surface area contributed by atoms with Gasteiger partial charge in [0.2, 0.25) is 10.0 Å². The molecule has 2 rings (SSSR count). The highest BCUT2D eigenvalue weighted by Crippen LogP contribution is 2.27. The van der Waals surface area contributed by atoms with E-state index in [2.05, 4.69) is 21.2 Å². The Hall–Kier alpha value is -1.64. The molecule has 0 unspecified atom stereocenters. The van der Waals surface area contributed by atoms with Crippen LogP contribution in [-0.2, 0) is 10.0 Å². The van der Waals surface area contributed by atoms with Gasteiger partial charge in [-0.3, -0.25) is 4.79 Å². The minimum Gasteiger partial charge on any atom is -0.464 e. The Morgan fingerprint density at radius 1 is 1.26 bits per heavy atom. The third-order valence-electron chi connectivity index (χ3n) is 3.44. The molecule has 3 N–H and O–H groups in total. The van der Waals surface area contributed by atoms with Crippen LogP contribution < -0.4 is 10.5 Å². The zero-order valence-corrected chi connectivity index (χ0v) is 15.3. The second kappa shape index (κ2) is 6.46. The number of primary sulfonamides is 1. The van der Waals surface area contributed by atoms with Gasteiger partial charge in [-0.2, -0.15) is 0 Å². The van der Waals surface area contributed by atoms with E-state index in [1.165, 1.54) is 13.8 Å². The fourth-order valence-electron chi connectivity index (χ4n) is 2.44. The first-order chi connectivity index (χ1) is 10.6. The van der Waals surface area contributed by atoms with Crippen LogP contribution in [0.3, 0.4) is 0 Å². The van der Waals surface area contributed by atoms with Crippen molar-refractivity contribution in [3.8, 4) is 0 Å². The van der Waals surface area contributed by atoms with Gasteiger partial charge in [0.1, 0.15) is 22.0 Å². The van der Waals surface area contributed by atoms with Gasteiger partial charge in [0.15, 0.2) is 0 Å². The maximum Gasteiger partial charge on any atom is 0.256 e. The van der Waals surface area contributed by atoms with Gasteiger partial charge in [-0.15, -0.1) is 0 Å². The zero-order chi connectivity index (χ0) is 17.4. The normalized spacial score (nSPS) is 12.9. The van der Waals surface area contributed by atoms with Crippen LogP contribution in [0, 0.1) is 13.8 Å². The number of nitrogens with one attached hydrogen (secondary N) is 1. The first kappa shape index (κ1) is 17.7. The van der Waals surface area contributed by atoms with Crippen LogP contribution in [0.15, 0.2) is 38.1 Å². The highest BCUT2D eigenvalue weighted by molar-refractivity contribution is 9.10. The van der Waals surface area contributed by atoms with Crippen molar-refractivity contribution < 1.29 is 17.6 Å². The van der Waals surface area contributed by atoms with Gasteiger partial charge in [-0.05, 0) is 32.4 Å². The van der Waals surface area contributed by atoms with E-state index in [1.54, 1.807) is 6.92 Å². The molecule has 0 radical (unpaired) electrons. The number of hydrogen-bond acceptors (Lipinski definition) is 4. The number of carbonyl (C=O) groups excluding carboxylic acids is 1. The molecule has 1 aromatic heterocycles. The summed E-state index contributed by atoms with van der Waals surface area (Å²) < 4.78 is 29.6. The second-order valence-corrected chi connectivity index (χ2v) is 7.53. The molecule has 0 spiro atoms. The predicted molar refractivity (Wildman–Crippen MR) is 89.6 cm³/mol. The van der Waals surface area contributed by atoms with Crippen molar-refractivity contribution in [2.24, 2.45) is 5.14 Å². The summed E-state index contributed by atoms with van der Waals surface area (Å²) in [5, 5.41) is 7.97. The van der Waals surface area contributed by atoms with Crippen LogP contribution in [0.5, 0.6) is 0 Å². The number of halogens is 1. The van der Waals surface area contributed by atoms with Gasteiger partial charge >= 0.3 is 0 Å². The summed E-state index contributed by atoms with van der Waals surface area (Å²) in [6, 6.07) is 7.11. The van der Waals surface area contributed by atoms with Gasteiger partial charge in [-0.25, -0.2) is 13.6 Å². The van der Waals surface area contributed by atoms with E-state index < -0.39 is 15.9 Å². The average Bonchev–Trinajstić information content (AvgIpc) is 2.73. The Balaban J connectivity index is 2.38. The number of amides is 1. The smallest absolute Gasteiger partial charge is 0.256 e. The Morgan fingerprint density at radius 2 is 1.87 bits per heavy atom. The number of benzene rings is 1. The van der Waals surface area contributed by atoms with E-state index in [1.807, 2.05) is 24.3 Å². The van der Waals surface area contributed by atoms with Crippen molar-refractivity contribution in [1.29, 1.82) is 0 Å². The molecule has 1 aromatic carbocycles. The minimum absolute atomic E-state index is 0.0519. The molecule has 0 bridgehead atoms. The number of carbonyl (C=O) groups is 1. The van der Waals surface area contributed by atoms with E-state index >= 15 is 0 Å². The third kappa shape index (κ3) is 3.65. The van der Waals surface area contributed by atoms with Crippen molar-refractivity contribution in [2.75, 3.05) is 0 Å². The number of sulfonamides is 1. The van der Waals surface area contributed by atoms with Gasteiger partial charge in [-0.1, -0.05) is 34.1 Å². The summed E-state index contributed by atoms with van der Waals surface area (Å²) in [5.74, 6) is -0.237. The van der Waals surface area contributed by atoms with Gasteiger partial charge < -0.3 is 9.73 Å². The lowest BCUT2D eigenvalue weighted by Gasteiger charge is -2.16. The topological polar surface area (TPSA) is 102 Å². The predicted octanol–water partition coefficient (Wildman–Crippen LogP) is 2.80. The molecule has 1 amide bonds. The summed E-state index contributed by atoms with van der Waals surface area (Å²) in [6.07, 6.45) is 0. The molecular formula is C15H17BrN2O4S. The first-order valence-corrected chi connectivity index (χ1v) is 9.15. The minimum atomic E-state index is -4.06. The van der Waals surface area contributed by atoms with E-state index in [0.717, 1.165) is 10.0 Å². The molecule has 1 atom stereocenters. The summed E-state index contributed by atoms with van der Waals surface area (Å²) in [6.45, 7) is 4.79. The summed E-state index contributed by atoms with van der Waals surface area (Å²) in [5.41, 5.74) is 0.819. The standard InChI is InChI=1S/C15H17BrN2O4S/c1-8(11-6-4-5-7-12(11)16)18-15(19)13-9(2)22-10(3)14(13)23(17,20)21/h4-8H,1-3H3,(H,18,19)(H2,17,20,21)/t8-/m0/s1. The largest absolute Gasteiger partial charge is 0.464 e. The lowest BCUT2D eigenvalue weighted by Crippen LogP contribution is -2.29. The van der Waals surface area contributed by atoms with Crippen molar-refractivity contribution in [3.05, 3.63) is 51.4 Å². The van der Waals surface area contributed by atoms with Gasteiger partial charge in [0.05, 0.1) is 6.04 Å². The van der Waals surface area contributed by atoms with Crippen molar-refractivity contribution in [3.63, 3.8) is 0 Å². The van der Waals surface area contributed by atoms with Crippen LogP contribution >= 0.6 is 15.9 Å². The monoisotopic (exact) mass is 400 g/mol. The lowest BCUT2D eigenvalue weighted by atomic mass is 10.1. The number of rotatable bonds is 4. The molecular weight excluding hydrogens is 384 g/mol. The number of hydrogen-bond donors (Lipinski definition) is 2. The first-order valence-electron chi connectivity index (χ1n) is 6.81. The summed E-state index contributed by atoms with van der Waals surface area (Å²) in [4.78, 5) is 12.3. The third-order valence-corrected chi connectivity index (χ3v) is 5.22. The number of aryl methyl sites for hydroxylation is 2. The Morgan fingerprint density at radius 3 is 2.43 bits per heavy atom. The highest BCUT2D eigenvalue weighted by Gasteiger charge is 2.29. The Bertz CT molecular complexity index is 858. The maximum atomic E-state index is 12.5. The quantitative estimate of drug-likeness (QED) is 0.822. The zero-order valence-electron chi connectivity index (χ0n) is 12.9. The molecule has 6 nitrogen and oxygen atoms in total. The van der Waals surface area contributed by atoms with Crippen molar-refractivity contribution in [1.82, 2.24) is 5.32 Å². The lowest BCUT2D eigenvalue weighted by molar-refractivity contribution is 0.0935. The molecule has 124 valence electrons. The average molecular weight is 401 g/mol. The summed E-state index contributed by atoms with van der Waals surface area (Å²) in [7, 11) is -4.06. The number of furan rings is 1. The van der Waals surface area contributed by atoms with E-state index in [-0.39, 0.29) is 28.0 Å². The Kier molecular flexibility index (Phi) is 4.98. The molecule has 8 heteroatoms. The van der Waals surface area contributed by atoms with E-state index in [4.69, 9.17) is 9.56 Å². The second-order valence-electron chi connectivity index (χ2n) is 5.18. The Labute approximate surface area is 143 Å². The van der Waals surface area contributed by atoms with Crippen molar-refractivity contribution in [2.45, 2.75) is 31.7 Å². The molecule has 0 aliphatic heterocycles. The molecule has 0 aliphatic rings. The molecule has 2 aromatic rings. The van der Waals surface area contributed by atoms with Crippen LogP contribution in [0.2, 0.25) is 0 Å². The van der Waals surface area contributed by atoms with Crippen LogP contribution in [0.1, 0.15) is 40.4 Å². The fourth-order valence-corrected chi connectivity index (χ4v) is 4.03. The SMILES string of the molecule is Cc1oc(C)c(S(N)(=O)=O)c1C(=O)N[C@@H](C)c1ccccc1Br. The summed E-state index contributed by atoms with van der Waals surface area (Å²) >= 11 is 3.42. The van der Waals surface area contributed by atoms with Crippen LogP contribution in [0.25, 0.3) is 0 Å². The van der Waals surface area contributed by atoms with Crippen molar-refractivity contribution >= 4 is 31.9 Å². The van der Waals surface area contributed by atoms with Gasteiger partial charge in [0.25, 0.3) is 5.91 Å². The molecule has 0 saturated heterocycles. The van der Waals surface area contributed by atoms with E-state index in [9.17, 15) is 13.2 Å². The molecule has 23 heavy (non-hydrogen) atoms. The molecule has 0 aliphatic carbocycles. The van der Waals surface area contributed by atoms with Crippen LogP contribution in [-0.4, -0.2) is 14.3 Å². The van der Waals surface area contributed by atoms with E-state index in [0.29, 0.717) is 0 Å². The maximum absolute atomic E-state index is 12.5. The molecule has 0 saturated carbocycles. The number of nitrogens with two attached hydrogens (primary N) is 1. The highest BCUT2D eigenvalue weighted by atomic mass is 79.9. The molecule has 0 fully saturated rings.